The molecule has 0 aliphatic heterocycles. The Morgan fingerprint density at radius 3 is 2.93 bits per heavy atom. The molecule has 1 aromatic carbocycles. The number of aryl methyl sites for hydroxylation is 1. The van der Waals surface area contributed by atoms with Crippen LogP contribution in [0.4, 0.5) is 0 Å². The summed E-state index contributed by atoms with van der Waals surface area (Å²) < 4.78 is 0.780. The van der Waals surface area contributed by atoms with E-state index in [9.17, 15) is 0 Å². The molecule has 1 N–H and O–H groups in total. The molecule has 2 nitrogen and oxygen atoms in total. The van der Waals surface area contributed by atoms with Gasteiger partial charge in [0.05, 0.1) is 16.7 Å². The molecule has 0 aliphatic rings. The van der Waals surface area contributed by atoms with Gasteiger partial charge in [-0.1, -0.05) is 37.7 Å². The van der Waals surface area contributed by atoms with Crippen molar-refractivity contribution in [3.63, 3.8) is 0 Å². The molecule has 2 rings (SSSR count). The van der Waals surface area contributed by atoms with Gasteiger partial charge in [-0.2, -0.15) is 0 Å². The van der Waals surface area contributed by atoms with Crippen LogP contribution in [-0.2, 0) is 6.42 Å². The molecule has 0 aliphatic carbocycles. The Labute approximate surface area is 94.4 Å². The van der Waals surface area contributed by atoms with Crippen LogP contribution < -0.4 is 0 Å². The molecule has 78 valence electrons. The van der Waals surface area contributed by atoms with Gasteiger partial charge >= 0.3 is 0 Å². The molecule has 15 heavy (non-hydrogen) atoms. The van der Waals surface area contributed by atoms with E-state index in [-0.39, 0.29) is 0 Å². The van der Waals surface area contributed by atoms with Gasteiger partial charge in [-0.15, -0.1) is 0 Å². The van der Waals surface area contributed by atoms with E-state index in [0.29, 0.717) is 0 Å². The first-order valence-corrected chi connectivity index (χ1v) is 5.70. The van der Waals surface area contributed by atoms with Gasteiger partial charge < -0.3 is 4.98 Å². The fourth-order valence-corrected chi connectivity index (χ4v) is 1.84. The number of hydrogen-bond donors (Lipinski definition) is 1. The number of nitrogens with zero attached hydrogens (tertiary/aromatic N) is 1. The molecular weight excluding hydrogens is 204 g/mol. The smallest absolute Gasteiger partial charge is 0.125 e. The topological polar surface area (TPSA) is 28.7 Å². The zero-order chi connectivity index (χ0) is 10.7. The molecule has 0 radical (unpaired) electrons. The van der Waals surface area contributed by atoms with Crippen LogP contribution >= 0.6 is 12.2 Å². The number of H-pyrrole nitrogens is 1. The lowest BCUT2D eigenvalue weighted by Gasteiger charge is -2.02. The molecule has 0 bridgehead atoms. The van der Waals surface area contributed by atoms with Crippen molar-refractivity contribution < 1.29 is 0 Å². The molecule has 0 atom stereocenters. The molecule has 0 amide bonds. The fourth-order valence-electron chi connectivity index (χ4n) is 1.58. The third-order valence-corrected chi connectivity index (χ3v) is 2.77. The molecular formula is C12H14N2S. The number of hydrogen-bond acceptors (Lipinski definition) is 2. The number of rotatable bonds is 3. The van der Waals surface area contributed by atoms with Gasteiger partial charge in [0.1, 0.15) is 4.64 Å². The van der Waals surface area contributed by atoms with Crippen LogP contribution in [0.15, 0.2) is 24.3 Å². The number of para-hydroxylation sites is 2. The first-order valence-electron chi connectivity index (χ1n) is 5.29. The number of aromatic nitrogens is 2. The average molecular weight is 218 g/mol. The van der Waals surface area contributed by atoms with Crippen molar-refractivity contribution in [2.75, 3.05) is 0 Å². The summed E-state index contributed by atoms with van der Waals surface area (Å²) in [6.07, 6.45) is 3.28. The third kappa shape index (κ3) is 2.23. The molecule has 0 spiro atoms. The molecule has 0 unspecified atom stereocenters. The predicted octanol–water partition coefficient (Wildman–Crippen LogP) is 3.63. The summed E-state index contributed by atoms with van der Waals surface area (Å²) in [4.78, 5) is 7.80. The second-order valence-electron chi connectivity index (χ2n) is 3.63. The standard InChI is InChI=1S/C12H14N2S/c1-2-3-6-11-12(15)14-10-8-5-4-7-9(10)13-11/h4-5,7-8H,2-3,6H2,1H3,(H,14,15). The average Bonchev–Trinajstić information content (AvgIpc) is 2.26. The summed E-state index contributed by atoms with van der Waals surface area (Å²) in [6, 6.07) is 7.99. The van der Waals surface area contributed by atoms with Gasteiger partial charge in [-0.05, 0) is 25.0 Å². The van der Waals surface area contributed by atoms with Crippen molar-refractivity contribution >= 4 is 23.3 Å². The van der Waals surface area contributed by atoms with Crippen LogP contribution in [0.25, 0.3) is 11.0 Å². The summed E-state index contributed by atoms with van der Waals surface area (Å²) in [7, 11) is 0. The SMILES string of the molecule is CCCCc1nc2ccccc2[nH]c1=S. The molecule has 0 fully saturated rings. The second kappa shape index (κ2) is 4.53. The van der Waals surface area contributed by atoms with Crippen molar-refractivity contribution in [3.8, 4) is 0 Å². The Morgan fingerprint density at radius 1 is 1.33 bits per heavy atom. The van der Waals surface area contributed by atoms with Crippen LogP contribution in [0.2, 0.25) is 0 Å². The van der Waals surface area contributed by atoms with Crippen LogP contribution in [-0.4, -0.2) is 9.97 Å². The van der Waals surface area contributed by atoms with Gasteiger partial charge in [-0.25, -0.2) is 4.98 Å². The molecule has 3 heteroatoms. The van der Waals surface area contributed by atoms with Gasteiger partial charge in [-0.3, -0.25) is 0 Å². The Hall–Kier alpha value is -1.22. The van der Waals surface area contributed by atoms with Gasteiger partial charge in [0, 0.05) is 0 Å². The first-order chi connectivity index (χ1) is 7.31. The molecule has 1 aromatic heterocycles. The normalized spacial score (nSPS) is 10.7. The molecule has 0 saturated carbocycles. The van der Waals surface area contributed by atoms with E-state index in [2.05, 4.69) is 16.9 Å². The van der Waals surface area contributed by atoms with Crippen molar-refractivity contribution in [2.24, 2.45) is 0 Å². The predicted molar refractivity (Wildman–Crippen MR) is 65.5 cm³/mol. The Morgan fingerprint density at radius 2 is 2.13 bits per heavy atom. The monoisotopic (exact) mass is 218 g/mol. The highest BCUT2D eigenvalue weighted by Crippen LogP contribution is 2.11. The van der Waals surface area contributed by atoms with Crippen LogP contribution in [0, 0.1) is 4.64 Å². The maximum absolute atomic E-state index is 5.27. The van der Waals surface area contributed by atoms with E-state index in [1.54, 1.807) is 0 Å². The highest BCUT2D eigenvalue weighted by molar-refractivity contribution is 7.71. The largest absolute Gasteiger partial charge is 0.343 e. The lowest BCUT2D eigenvalue weighted by Crippen LogP contribution is -1.95. The van der Waals surface area contributed by atoms with Gasteiger partial charge in [0.2, 0.25) is 0 Å². The van der Waals surface area contributed by atoms with Gasteiger partial charge in [0.25, 0.3) is 0 Å². The van der Waals surface area contributed by atoms with Crippen molar-refractivity contribution in [3.05, 3.63) is 34.6 Å². The number of aromatic amines is 1. The molecule has 2 aromatic rings. The van der Waals surface area contributed by atoms with E-state index in [1.165, 1.54) is 6.42 Å². The second-order valence-corrected chi connectivity index (χ2v) is 4.04. The van der Waals surface area contributed by atoms with Crippen LogP contribution in [0.3, 0.4) is 0 Å². The zero-order valence-electron chi connectivity index (χ0n) is 8.79. The quantitative estimate of drug-likeness (QED) is 0.797. The summed E-state index contributed by atoms with van der Waals surface area (Å²) in [6.45, 7) is 2.17. The highest BCUT2D eigenvalue weighted by atomic mass is 32.1. The van der Waals surface area contributed by atoms with Crippen molar-refractivity contribution in [1.82, 2.24) is 9.97 Å². The van der Waals surface area contributed by atoms with Crippen molar-refractivity contribution in [2.45, 2.75) is 26.2 Å². The first kappa shape index (κ1) is 10.3. The minimum Gasteiger partial charge on any atom is -0.343 e. The number of fused-ring (bicyclic) bond motifs is 1. The van der Waals surface area contributed by atoms with E-state index >= 15 is 0 Å². The zero-order valence-corrected chi connectivity index (χ0v) is 9.60. The molecule has 1 heterocycles. The summed E-state index contributed by atoms with van der Waals surface area (Å²) in [5, 5.41) is 0. The third-order valence-electron chi connectivity index (χ3n) is 2.44. The number of unbranched alkanes of at least 4 members (excludes halogenated alkanes) is 1. The minimum atomic E-state index is 0.780. The fraction of sp³-hybridized carbons (Fsp3) is 0.333. The summed E-state index contributed by atoms with van der Waals surface area (Å²) in [5.41, 5.74) is 3.03. The highest BCUT2D eigenvalue weighted by Gasteiger charge is 2.00. The maximum atomic E-state index is 5.27. The number of nitrogens with one attached hydrogen (secondary N) is 1. The lowest BCUT2D eigenvalue weighted by atomic mass is 10.2. The lowest BCUT2D eigenvalue weighted by molar-refractivity contribution is 0.774. The van der Waals surface area contributed by atoms with E-state index in [1.807, 2.05) is 24.3 Å². The minimum absolute atomic E-state index is 0.780. The Bertz CT molecular complexity index is 516. The maximum Gasteiger partial charge on any atom is 0.125 e. The summed E-state index contributed by atoms with van der Waals surface area (Å²) in [5.74, 6) is 0. The van der Waals surface area contributed by atoms with E-state index in [4.69, 9.17) is 12.2 Å². The number of benzene rings is 1. The van der Waals surface area contributed by atoms with Crippen molar-refractivity contribution in [1.29, 1.82) is 0 Å². The Kier molecular flexibility index (Phi) is 3.11. The molecule has 0 saturated heterocycles. The Balaban J connectivity index is 2.48. The van der Waals surface area contributed by atoms with E-state index in [0.717, 1.165) is 34.2 Å². The summed E-state index contributed by atoms with van der Waals surface area (Å²) >= 11 is 5.27. The van der Waals surface area contributed by atoms with Crippen LogP contribution in [0.5, 0.6) is 0 Å². The van der Waals surface area contributed by atoms with Gasteiger partial charge in [0.15, 0.2) is 0 Å². The van der Waals surface area contributed by atoms with Crippen LogP contribution in [0.1, 0.15) is 25.5 Å². The van der Waals surface area contributed by atoms with E-state index < -0.39 is 0 Å².